The Labute approximate surface area is 81.4 Å². The molecule has 0 saturated heterocycles. The van der Waals surface area contributed by atoms with Crippen LogP contribution in [0.25, 0.3) is 0 Å². The van der Waals surface area contributed by atoms with Crippen LogP contribution in [0.4, 0.5) is 0 Å². The van der Waals surface area contributed by atoms with Crippen LogP contribution >= 0.6 is 0 Å². The van der Waals surface area contributed by atoms with Crippen molar-refractivity contribution in [2.45, 2.75) is 51.5 Å². The second-order valence-electron chi connectivity index (χ2n) is 4.53. The van der Waals surface area contributed by atoms with E-state index in [0.29, 0.717) is 12.0 Å². The third-order valence-electron chi connectivity index (χ3n) is 3.07. The molecule has 2 nitrogen and oxygen atoms in total. The Morgan fingerprint density at radius 2 is 2.08 bits per heavy atom. The van der Waals surface area contributed by atoms with E-state index in [9.17, 15) is 0 Å². The average Bonchev–Trinajstić information content (AvgIpc) is 2.56. The van der Waals surface area contributed by atoms with E-state index in [1.54, 1.807) is 0 Å². The average molecular weight is 182 g/mol. The highest BCUT2D eigenvalue weighted by Crippen LogP contribution is 2.29. The first kappa shape index (κ1) is 10.7. The van der Waals surface area contributed by atoms with Crippen molar-refractivity contribution < 1.29 is 0 Å². The maximum absolute atomic E-state index is 7.11. The zero-order valence-corrected chi connectivity index (χ0v) is 8.63. The van der Waals surface area contributed by atoms with Crippen LogP contribution in [0.5, 0.6) is 0 Å². The van der Waals surface area contributed by atoms with Crippen LogP contribution in [0.2, 0.25) is 0 Å². The highest BCUT2D eigenvalue weighted by molar-refractivity contribution is 5.56. The monoisotopic (exact) mass is 182 g/mol. The molecule has 0 aromatic carbocycles. The molecule has 0 aliphatic heterocycles. The van der Waals surface area contributed by atoms with Gasteiger partial charge in [0, 0.05) is 6.04 Å². The van der Waals surface area contributed by atoms with Gasteiger partial charge in [-0.2, -0.15) is 0 Å². The van der Waals surface area contributed by atoms with E-state index in [0.717, 1.165) is 12.3 Å². The van der Waals surface area contributed by atoms with Gasteiger partial charge in [-0.25, -0.2) is 0 Å². The summed E-state index contributed by atoms with van der Waals surface area (Å²) in [7, 11) is 0. The molecule has 76 valence electrons. The first-order valence-electron chi connectivity index (χ1n) is 5.48. The van der Waals surface area contributed by atoms with Crippen LogP contribution in [0.3, 0.4) is 0 Å². The van der Waals surface area contributed by atoms with E-state index in [2.05, 4.69) is 6.92 Å². The molecule has 0 aromatic rings. The van der Waals surface area contributed by atoms with Crippen molar-refractivity contribution in [1.29, 1.82) is 5.41 Å². The second-order valence-corrected chi connectivity index (χ2v) is 4.53. The zero-order chi connectivity index (χ0) is 9.68. The van der Waals surface area contributed by atoms with Crippen molar-refractivity contribution in [2.24, 2.45) is 17.6 Å². The van der Waals surface area contributed by atoms with E-state index in [4.69, 9.17) is 11.1 Å². The highest BCUT2D eigenvalue weighted by atomic mass is 14.6. The zero-order valence-electron chi connectivity index (χ0n) is 8.63. The van der Waals surface area contributed by atoms with Gasteiger partial charge in [0.15, 0.2) is 0 Å². The normalized spacial score (nSPS) is 22.9. The SMILES string of the molecule is C[C@@H](C=N)CC(N)CC1CCCC1. The Morgan fingerprint density at radius 1 is 1.46 bits per heavy atom. The summed E-state index contributed by atoms with van der Waals surface area (Å²) in [6, 6.07) is 0.319. The first-order valence-corrected chi connectivity index (χ1v) is 5.48. The Bertz CT molecular complexity index is 150. The quantitative estimate of drug-likeness (QED) is 0.631. The summed E-state index contributed by atoms with van der Waals surface area (Å²) in [5.74, 6) is 1.24. The van der Waals surface area contributed by atoms with Crippen LogP contribution < -0.4 is 5.73 Å². The fourth-order valence-electron chi connectivity index (χ4n) is 2.32. The molecule has 1 aliphatic rings. The molecule has 0 bridgehead atoms. The molecular formula is C11H22N2. The Kier molecular flexibility index (Phi) is 4.43. The summed E-state index contributed by atoms with van der Waals surface area (Å²) < 4.78 is 0. The van der Waals surface area contributed by atoms with E-state index in [1.165, 1.54) is 38.3 Å². The van der Waals surface area contributed by atoms with Crippen LogP contribution in [0.15, 0.2) is 0 Å². The molecule has 1 rings (SSSR count). The summed E-state index contributed by atoms with van der Waals surface area (Å²) in [6.07, 6.45) is 9.24. The molecule has 0 radical (unpaired) electrons. The van der Waals surface area contributed by atoms with Crippen LogP contribution in [-0.2, 0) is 0 Å². The molecule has 1 unspecified atom stereocenters. The van der Waals surface area contributed by atoms with Crippen molar-refractivity contribution in [3.05, 3.63) is 0 Å². The lowest BCUT2D eigenvalue weighted by Crippen LogP contribution is -2.25. The minimum atomic E-state index is 0.319. The van der Waals surface area contributed by atoms with E-state index in [-0.39, 0.29) is 0 Å². The summed E-state index contributed by atoms with van der Waals surface area (Å²) >= 11 is 0. The van der Waals surface area contributed by atoms with Crippen molar-refractivity contribution in [2.75, 3.05) is 0 Å². The standard InChI is InChI=1S/C11H22N2/c1-9(8-12)6-11(13)7-10-4-2-3-5-10/h8-12H,2-7,13H2,1H3/t9-,11?/m1/s1. The van der Waals surface area contributed by atoms with Crippen molar-refractivity contribution >= 4 is 6.21 Å². The maximum Gasteiger partial charge on any atom is 0.00475 e. The summed E-state index contributed by atoms with van der Waals surface area (Å²) in [6.45, 7) is 2.07. The minimum absolute atomic E-state index is 0.319. The summed E-state index contributed by atoms with van der Waals surface area (Å²) in [4.78, 5) is 0. The van der Waals surface area contributed by atoms with Crippen LogP contribution in [0.1, 0.15) is 45.4 Å². The molecule has 1 saturated carbocycles. The van der Waals surface area contributed by atoms with Gasteiger partial charge in [-0.1, -0.05) is 32.6 Å². The fraction of sp³-hybridized carbons (Fsp3) is 0.909. The first-order chi connectivity index (χ1) is 6.22. The molecule has 0 spiro atoms. The van der Waals surface area contributed by atoms with Gasteiger partial charge in [0.25, 0.3) is 0 Å². The van der Waals surface area contributed by atoms with Gasteiger partial charge >= 0.3 is 0 Å². The smallest absolute Gasteiger partial charge is 0.00475 e. The summed E-state index contributed by atoms with van der Waals surface area (Å²) in [5.41, 5.74) is 6.03. The third kappa shape index (κ3) is 3.90. The molecule has 0 aromatic heterocycles. The lowest BCUT2D eigenvalue weighted by molar-refractivity contribution is 0.411. The number of nitrogens with one attached hydrogen (secondary N) is 1. The minimum Gasteiger partial charge on any atom is -0.328 e. The Hall–Kier alpha value is -0.370. The number of nitrogens with two attached hydrogens (primary N) is 1. The highest BCUT2D eigenvalue weighted by Gasteiger charge is 2.18. The van der Waals surface area contributed by atoms with Gasteiger partial charge in [0.05, 0.1) is 0 Å². The van der Waals surface area contributed by atoms with Gasteiger partial charge in [0.1, 0.15) is 0 Å². The van der Waals surface area contributed by atoms with Crippen LogP contribution in [-0.4, -0.2) is 12.3 Å². The summed E-state index contributed by atoms with van der Waals surface area (Å²) in [5, 5.41) is 7.11. The molecule has 0 heterocycles. The second kappa shape index (κ2) is 5.38. The van der Waals surface area contributed by atoms with Crippen molar-refractivity contribution in [1.82, 2.24) is 0 Å². The number of hydrogen-bond donors (Lipinski definition) is 2. The maximum atomic E-state index is 7.11. The van der Waals surface area contributed by atoms with Crippen LogP contribution in [0, 0.1) is 17.2 Å². The third-order valence-corrected chi connectivity index (χ3v) is 3.07. The van der Waals surface area contributed by atoms with Crippen molar-refractivity contribution in [3.63, 3.8) is 0 Å². The van der Waals surface area contributed by atoms with E-state index in [1.807, 2.05) is 0 Å². The molecule has 2 atom stereocenters. The predicted molar refractivity (Wildman–Crippen MR) is 57.1 cm³/mol. The largest absolute Gasteiger partial charge is 0.328 e. The topological polar surface area (TPSA) is 49.9 Å². The van der Waals surface area contributed by atoms with E-state index < -0.39 is 0 Å². The lowest BCUT2D eigenvalue weighted by Gasteiger charge is -2.17. The van der Waals surface area contributed by atoms with Gasteiger partial charge in [-0.15, -0.1) is 0 Å². The molecule has 1 aliphatic carbocycles. The molecule has 3 N–H and O–H groups in total. The van der Waals surface area contributed by atoms with Gasteiger partial charge in [-0.3, -0.25) is 0 Å². The fourth-order valence-corrected chi connectivity index (χ4v) is 2.32. The van der Waals surface area contributed by atoms with Gasteiger partial charge in [-0.05, 0) is 30.9 Å². The number of hydrogen-bond acceptors (Lipinski definition) is 2. The Morgan fingerprint density at radius 3 is 2.62 bits per heavy atom. The molecule has 1 fully saturated rings. The Balaban J connectivity index is 2.15. The molecular weight excluding hydrogens is 160 g/mol. The predicted octanol–water partition coefficient (Wildman–Crippen LogP) is 2.57. The molecule has 0 amide bonds. The van der Waals surface area contributed by atoms with Gasteiger partial charge in [0.2, 0.25) is 0 Å². The number of rotatable bonds is 5. The molecule has 13 heavy (non-hydrogen) atoms. The molecule has 2 heteroatoms. The van der Waals surface area contributed by atoms with Crippen molar-refractivity contribution in [3.8, 4) is 0 Å². The van der Waals surface area contributed by atoms with Gasteiger partial charge < -0.3 is 11.1 Å². The lowest BCUT2D eigenvalue weighted by atomic mass is 9.93. The van der Waals surface area contributed by atoms with E-state index >= 15 is 0 Å².